The molecular weight excluding hydrogens is 251 g/mol. The molecule has 0 heterocycles. The van der Waals surface area contributed by atoms with E-state index in [0.29, 0.717) is 5.56 Å². The van der Waals surface area contributed by atoms with Crippen LogP contribution >= 0.6 is 0 Å². The van der Waals surface area contributed by atoms with Gasteiger partial charge in [0, 0.05) is 5.69 Å². The van der Waals surface area contributed by atoms with Crippen LogP contribution in [0.4, 0.5) is 18.9 Å². The van der Waals surface area contributed by atoms with Crippen molar-refractivity contribution in [1.29, 1.82) is 0 Å². The van der Waals surface area contributed by atoms with Crippen molar-refractivity contribution in [2.24, 2.45) is 0 Å². The summed E-state index contributed by atoms with van der Waals surface area (Å²) in [4.78, 5) is 21.4. The number of hydrogen-bond acceptors (Lipinski definition) is 2. The van der Waals surface area contributed by atoms with E-state index in [2.05, 4.69) is 5.32 Å². The zero-order chi connectivity index (χ0) is 13.9. The van der Waals surface area contributed by atoms with Crippen molar-refractivity contribution >= 4 is 17.6 Å². The van der Waals surface area contributed by atoms with Crippen molar-refractivity contribution in [2.75, 3.05) is 5.32 Å². The van der Waals surface area contributed by atoms with Crippen LogP contribution in [0.2, 0.25) is 0 Å². The van der Waals surface area contributed by atoms with E-state index in [4.69, 9.17) is 5.11 Å². The van der Waals surface area contributed by atoms with E-state index >= 15 is 0 Å². The molecule has 0 saturated heterocycles. The van der Waals surface area contributed by atoms with E-state index in [1.54, 1.807) is 0 Å². The van der Waals surface area contributed by atoms with Crippen LogP contribution in [0.1, 0.15) is 17.5 Å². The Kier molecular flexibility index (Phi) is 3.95. The molecule has 0 aliphatic carbocycles. The molecule has 2 N–H and O–H groups in total. The maximum Gasteiger partial charge on any atom is 0.416 e. The van der Waals surface area contributed by atoms with Crippen molar-refractivity contribution in [3.05, 3.63) is 29.3 Å². The summed E-state index contributed by atoms with van der Waals surface area (Å²) < 4.78 is 37.3. The van der Waals surface area contributed by atoms with Gasteiger partial charge in [0.05, 0.1) is 5.56 Å². The number of benzene rings is 1. The smallest absolute Gasteiger partial charge is 0.416 e. The summed E-state index contributed by atoms with van der Waals surface area (Å²) >= 11 is 0. The Balaban J connectivity index is 2.95. The van der Waals surface area contributed by atoms with Gasteiger partial charge in [-0.25, -0.2) is 0 Å². The van der Waals surface area contributed by atoms with Gasteiger partial charge < -0.3 is 10.4 Å². The summed E-state index contributed by atoms with van der Waals surface area (Å²) in [6, 6.07) is 2.87. The Bertz CT molecular complexity index is 483. The van der Waals surface area contributed by atoms with Gasteiger partial charge in [-0.2, -0.15) is 13.2 Å². The Morgan fingerprint density at radius 2 is 1.94 bits per heavy atom. The molecule has 0 radical (unpaired) electrons. The van der Waals surface area contributed by atoms with Crippen LogP contribution in [-0.2, 0) is 15.8 Å². The number of carboxylic acid groups (broad SMARTS) is 1. The molecule has 1 aromatic carbocycles. The highest BCUT2D eigenvalue weighted by Crippen LogP contribution is 2.32. The first-order valence-electron chi connectivity index (χ1n) is 4.89. The first kappa shape index (κ1) is 14.0. The fourth-order valence-electron chi connectivity index (χ4n) is 1.26. The lowest BCUT2D eigenvalue weighted by Crippen LogP contribution is -2.17. The van der Waals surface area contributed by atoms with Crippen molar-refractivity contribution in [3.63, 3.8) is 0 Å². The number of anilines is 1. The molecule has 1 amide bonds. The van der Waals surface area contributed by atoms with Crippen molar-refractivity contribution in [1.82, 2.24) is 0 Å². The van der Waals surface area contributed by atoms with E-state index in [-0.39, 0.29) is 5.69 Å². The van der Waals surface area contributed by atoms with Crippen LogP contribution in [0.15, 0.2) is 18.2 Å². The zero-order valence-electron chi connectivity index (χ0n) is 9.34. The van der Waals surface area contributed by atoms with Crippen LogP contribution < -0.4 is 5.32 Å². The largest absolute Gasteiger partial charge is 0.481 e. The third-order valence-corrected chi connectivity index (χ3v) is 2.15. The van der Waals surface area contributed by atoms with Gasteiger partial charge >= 0.3 is 12.1 Å². The average molecular weight is 261 g/mol. The Morgan fingerprint density at radius 1 is 1.33 bits per heavy atom. The minimum absolute atomic E-state index is 0.0453. The van der Waals surface area contributed by atoms with Gasteiger partial charge in [-0.05, 0) is 24.6 Å². The summed E-state index contributed by atoms with van der Waals surface area (Å²) in [7, 11) is 0. The molecule has 0 fully saturated rings. The first-order chi connectivity index (χ1) is 8.20. The third kappa shape index (κ3) is 3.76. The number of alkyl halides is 3. The zero-order valence-corrected chi connectivity index (χ0v) is 9.34. The highest BCUT2D eigenvalue weighted by Gasteiger charge is 2.30. The van der Waals surface area contributed by atoms with Crippen LogP contribution in [0.25, 0.3) is 0 Å². The normalized spacial score (nSPS) is 11.1. The molecule has 98 valence electrons. The Labute approximate surface area is 100 Å². The lowest BCUT2D eigenvalue weighted by Gasteiger charge is -2.12. The van der Waals surface area contributed by atoms with Crippen LogP contribution in [0.5, 0.6) is 0 Å². The Morgan fingerprint density at radius 3 is 2.44 bits per heavy atom. The maximum absolute atomic E-state index is 12.4. The van der Waals surface area contributed by atoms with E-state index in [0.717, 1.165) is 12.1 Å². The highest BCUT2D eigenvalue weighted by molar-refractivity contribution is 6.01. The monoisotopic (exact) mass is 261 g/mol. The van der Waals surface area contributed by atoms with Gasteiger partial charge in [0.25, 0.3) is 0 Å². The lowest BCUT2D eigenvalue weighted by atomic mass is 10.1. The maximum atomic E-state index is 12.4. The molecule has 0 aromatic heterocycles. The molecule has 0 aliphatic heterocycles. The van der Waals surface area contributed by atoms with Gasteiger partial charge in [-0.3, -0.25) is 9.59 Å². The topological polar surface area (TPSA) is 66.4 Å². The van der Waals surface area contributed by atoms with E-state index in [1.165, 1.54) is 13.0 Å². The predicted molar refractivity (Wildman–Crippen MR) is 57.1 cm³/mol. The highest BCUT2D eigenvalue weighted by atomic mass is 19.4. The molecule has 0 unspecified atom stereocenters. The number of carbonyl (C=O) groups excluding carboxylic acids is 1. The number of amides is 1. The molecule has 0 aliphatic rings. The average Bonchev–Trinajstić information content (AvgIpc) is 2.18. The molecule has 0 atom stereocenters. The van der Waals surface area contributed by atoms with Crippen molar-refractivity contribution in [3.8, 4) is 0 Å². The minimum atomic E-state index is -4.51. The fourth-order valence-corrected chi connectivity index (χ4v) is 1.26. The molecule has 0 bridgehead atoms. The molecule has 1 rings (SSSR count). The quantitative estimate of drug-likeness (QED) is 0.821. The summed E-state index contributed by atoms with van der Waals surface area (Å²) in [5.74, 6) is -2.22. The molecule has 4 nitrogen and oxygen atoms in total. The summed E-state index contributed by atoms with van der Waals surface area (Å²) in [5.41, 5.74) is -0.531. The van der Waals surface area contributed by atoms with Gasteiger partial charge in [0.2, 0.25) is 5.91 Å². The van der Waals surface area contributed by atoms with Gasteiger partial charge in [-0.15, -0.1) is 0 Å². The standard InChI is InChI=1S/C11H10F3NO3/c1-6-2-3-7(11(12,13)14)4-8(6)15-9(16)5-10(17)18/h2-4H,5H2,1H3,(H,15,16)(H,17,18). The Hall–Kier alpha value is -2.05. The number of aliphatic carboxylic acids is 1. The van der Waals surface area contributed by atoms with E-state index in [1.807, 2.05) is 0 Å². The van der Waals surface area contributed by atoms with Crippen LogP contribution in [0, 0.1) is 6.92 Å². The second kappa shape index (κ2) is 5.07. The van der Waals surface area contributed by atoms with Crippen molar-refractivity contribution in [2.45, 2.75) is 19.5 Å². The molecule has 18 heavy (non-hydrogen) atoms. The van der Waals surface area contributed by atoms with Crippen LogP contribution in [-0.4, -0.2) is 17.0 Å². The molecule has 1 aromatic rings. The predicted octanol–water partition coefficient (Wildman–Crippen LogP) is 2.43. The number of carbonyl (C=O) groups is 2. The van der Waals surface area contributed by atoms with E-state index < -0.39 is 30.0 Å². The molecule has 0 spiro atoms. The number of rotatable bonds is 3. The third-order valence-electron chi connectivity index (χ3n) is 2.15. The van der Waals surface area contributed by atoms with Gasteiger partial charge in [0.15, 0.2) is 0 Å². The number of carboxylic acids is 1. The number of hydrogen-bond donors (Lipinski definition) is 2. The lowest BCUT2D eigenvalue weighted by molar-refractivity contribution is -0.140. The van der Waals surface area contributed by atoms with E-state index in [9.17, 15) is 22.8 Å². The number of aryl methyl sites for hydroxylation is 1. The van der Waals surface area contributed by atoms with Crippen LogP contribution in [0.3, 0.4) is 0 Å². The summed E-state index contributed by atoms with van der Waals surface area (Å²) in [5, 5.41) is 10.5. The SMILES string of the molecule is Cc1ccc(C(F)(F)F)cc1NC(=O)CC(=O)O. The van der Waals surface area contributed by atoms with Gasteiger partial charge in [0.1, 0.15) is 6.42 Å². The van der Waals surface area contributed by atoms with Gasteiger partial charge in [-0.1, -0.05) is 6.07 Å². The minimum Gasteiger partial charge on any atom is -0.481 e. The summed E-state index contributed by atoms with van der Waals surface area (Å²) in [6.45, 7) is 1.51. The number of nitrogens with one attached hydrogen (secondary N) is 1. The van der Waals surface area contributed by atoms with Crippen molar-refractivity contribution < 1.29 is 27.9 Å². The second-order valence-corrected chi connectivity index (χ2v) is 3.65. The fraction of sp³-hybridized carbons (Fsp3) is 0.273. The second-order valence-electron chi connectivity index (χ2n) is 3.65. The molecule has 0 saturated carbocycles. The number of halogens is 3. The molecular formula is C11H10F3NO3. The molecule has 7 heteroatoms. The summed E-state index contributed by atoms with van der Waals surface area (Å²) in [6.07, 6.45) is -5.31. The first-order valence-corrected chi connectivity index (χ1v) is 4.89.